The molecule has 2 aromatic carbocycles. The summed E-state index contributed by atoms with van der Waals surface area (Å²) in [6, 6.07) is 10.9. The minimum absolute atomic E-state index is 0.00783. The van der Waals surface area contributed by atoms with Crippen LogP contribution in [0.3, 0.4) is 0 Å². The molecule has 0 unspecified atom stereocenters. The summed E-state index contributed by atoms with van der Waals surface area (Å²) in [5.74, 6) is 0.0366. The normalized spacial score (nSPS) is 23.7. The molecule has 0 heterocycles. The van der Waals surface area contributed by atoms with Gasteiger partial charge in [0.25, 0.3) is 5.91 Å². The van der Waals surface area contributed by atoms with E-state index in [9.17, 15) is 14.0 Å². The maximum atomic E-state index is 13.4. The Morgan fingerprint density at radius 2 is 1.60 bits per heavy atom. The van der Waals surface area contributed by atoms with Crippen LogP contribution in [-0.2, 0) is 9.59 Å². The van der Waals surface area contributed by atoms with Crippen molar-refractivity contribution in [2.75, 3.05) is 13.2 Å². The Bertz CT molecular complexity index is 960. The summed E-state index contributed by atoms with van der Waals surface area (Å²) in [7, 11) is 0. The van der Waals surface area contributed by atoms with Crippen LogP contribution < -0.4 is 14.8 Å². The monoisotopic (exact) mass is 451 g/mol. The maximum Gasteiger partial charge on any atom is 0.258 e. The lowest BCUT2D eigenvalue weighted by Gasteiger charge is -2.70. The Balaban J connectivity index is 1.17. The number of benzene rings is 2. The van der Waals surface area contributed by atoms with E-state index >= 15 is 0 Å². The van der Waals surface area contributed by atoms with Gasteiger partial charge in [0.15, 0.2) is 12.4 Å². The minimum atomic E-state index is -0.584. The number of ketones is 1. The highest BCUT2D eigenvalue weighted by Crippen LogP contribution is 2.68. The van der Waals surface area contributed by atoms with Gasteiger partial charge < -0.3 is 14.8 Å². The smallest absolute Gasteiger partial charge is 0.258 e. The first-order valence-electron chi connectivity index (χ1n) is 9.56. The van der Waals surface area contributed by atoms with Crippen LogP contribution >= 0.6 is 23.2 Å². The Morgan fingerprint density at radius 1 is 0.967 bits per heavy atom. The summed E-state index contributed by atoms with van der Waals surface area (Å²) < 4.78 is 24.2. The van der Waals surface area contributed by atoms with E-state index in [1.807, 2.05) is 0 Å². The summed E-state index contributed by atoms with van der Waals surface area (Å²) in [5.41, 5.74) is -0.281. The van der Waals surface area contributed by atoms with Crippen LogP contribution in [0.5, 0.6) is 11.5 Å². The second-order valence-corrected chi connectivity index (χ2v) is 9.03. The third kappa shape index (κ3) is 4.55. The average Bonchev–Trinajstić information content (AvgIpc) is 2.66. The van der Waals surface area contributed by atoms with Gasteiger partial charge in [-0.05, 0) is 61.1 Å². The van der Waals surface area contributed by atoms with Gasteiger partial charge in [-0.25, -0.2) is 4.39 Å². The van der Waals surface area contributed by atoms with E-state index in [-0.39, 0.29) is 46.6 Å². The number of rotatable bonds is 9. The van der Waals surface area contributed by atoms with E-state index in [1.165, 1.54) is 12.1 Å². The van der Waals surface area contributed by atoms with Crippen molar-refractivity contribution in [1.82, 2.24) is 5.32 Å². The number of carbonyl (C=O) groups excluding carboxylic acids is 2. The van der Waals surface area contributed by atoms with E-state index in [2.05, 4.69) is 5.32 Å². The molecule has 0 saturated heterocycles. The van der Waals surface area contributed by atoms with Crippen molar-refractivity contribution >= 4 is 34.9 Å². The molecule has 158 valence electrons. The van der Waals surface area contributed by atoms with E-state index in [1.54, 1.807) is 24.3 Å². The standard InChI is InChI=1S/C22H20Cl2FNO4/c23-14-1-3-16(4-2-14)30-10-20(28)26-22-11-21(12-22,13-22)8-15(27)9-29-17-5-6-18(24)19(25)7-17/h1-7H,8-13H2,(H,26,28). The van der Waals surface area contributed by atoms with Crippen LogP contribution in [0.15, 0.2) is 42.5 Å². The van der Waals surface area contributed by atoms with Gasteiger partial charge in [0.1, 0.15) is 23.9 Å². The molecule has 1 amide bonds. The molecule has 0 atom stereocenters. The molecule has 0 radical (unpaired) electrons. The molecule has 5 nitrogen and oxygen atoms in total. The average molecular weight is 452 g/mol. The Kier molecular flexibility index (Phi) is 5.64. The van der Waals surface area contributed by atoms with Crippen LogP contribution in [0, 0.1) is 11.2 Å². The fourth-order valence-electron chi connectivity index (χ4n) is 4.53. The third-order valence-corrected chi connectivity index (χ3v) is 6.15. The highest BCUT2D eigenvalue weighted by Gasteiger charge is 2.68. The zero-order valence-electron chi connectivity index (χ0n) is 16.1. The van der Waals surface area contributed by atoms with Crippen molar-refractivity contribution in [3.05, 3.63) is 58.3 Å². The number of Topliss-reactive ketones (excluding diaryl/α,β-unsaturated/α-hetero) is 1. The van der Waals surface area contributed by atoms with Crippen molar-refractivity contribution < 1.29 is 23.5 Å². The number of ether oxygens (including phenoxy) is 2. The van der Waals surface area contributed by atoms with Gasteiger partial charge in [0, 0.05) is 23.0 Å². The van der Waals surface area contributed by atoms with Gasteiger partial charge in [-0.15, -0.1) is 0 Å². The van der Waals surface area contributed by atoms with Crippen LogP contribution in [0.25, 0.3) is 0 Å². The zero-order valence-corrected chi connectivity index (χ0v) is 17.6. The molecular weight excluding hydrogens is 432 g/mol. The lowest BCUT2D eigenvalue weighted by Crippen LogP contribution is -2.75. The number of hydrogen-bond acceptors (Lipinski definition) is 4. The molecule has 3 aliphatic carbocycles. The fourth-order valence-corrected chi connectivity index (χ4v) is 4.77. The maximum absolute atomic E-state index is 13.4. The largest absolute Gasteiger partial charge is 0.486 e. The molecule has 0 spiro atoms. The third-order valence-electron chi connectivity index (χ3n) is 5.59. The molecule has 3 saturated carbocycles. The van der Waals surface area contributed by atoms with Crippen molar-refractivity contribution in [2.24, 2.45) is 5.41 Å². The molecule has 0 aliphatic heterocycles. The van der Waals surface area contributed by atoms with Gasteiger partial charge in [-0.1, -0.05) is 23.2 Å². The Hall–Kier alpha value is -2.31. The second kappa shape index (κ2) is 8.08. The summed E-state index contributed by atoms with van der Waals surface area (Å²) in [6.45, 7) is -0.183. The van der Waals surface area contributed by atoms with E-state index in [0.717, 1.165) is 25.3 Å². The summed E-state index contributed by atoms with van der Waals surface area (Å²) >= 11 is 11.4. The van der Waals surface area contributed by atoms with Gasteiger partial charge >= 0.3 is 0 Å². The van der Waals surface area contributed by atoms with Crippen molar-refractivity contribution in [3.63, 3.8) is 0 Å². The first kappa shape index (κ1) is 20.9. The topological polar surface area (TPSA) is 64.6 Å². The SMILES string of the molecule is O=C(COc1ccc(Cl)c(F)c1)CC12CC(NC(=O)COc3ccc(Cl)cc3)(C1)C2. The zero-order chi connectivity index (χ0) is 21.4. The Labute approximate surface area is 183 Å². The molecule has 0 aromatic heterocycles. The van der Waals surface area contributed by atoms with Crippen LogP contribution in [-0.4, -0.2) is 30.4 Å². The molecule has 8 heteroatoms. The van der Waals surface area contributed by atoms with E-state index < -0.39 is 5.82 Å². The van der Waals surface area contributed by atoms with Gasteiger partial charge in [0.05, 0.1) is 5.02 Å². The van der Waals surface area contributed by atoms with Crippen molar-refractivity contribution in [3.8, 4) is 11.5 Å². The molecule has 2 aromatic rings. The predicted molar refractivity (Wildman–Crippen MR) is 111 cm³/mol. The number of hydrogen-bond donors (Lipinski definition) is 1. The van der Waals surface area contributed by atoms with Crippen LogP contribution in [0.4, 0.5) is 4.39 Å². The highest BCUT2D eigenvalue weighted by atomic mass is 35.5. The van der Waals surface area contributed by atoms with Crippen molar-refractivity contribution in [1.29, 1.82) is 0 Å². The minimum Gasteiger partial charge on any atom is -0.486 e. The lowest BCUT2D eigenvalue weighted by molar-refractivity contribution is -0.173. The molecule has 3 aliphatic rings. The first-order valence-corrected chi connectivity index (χ1v) is 10.3. The highest BCUT2D eigenvalue weighted by molar-refractivity contribution is 6.30. The summed E-state index contributed by atoms with van der Waals surface area (Å²) in [5, 5.41) is 3.63. The van der Waals surface area contributed by atoms with Crippen molar-refractivity contribution in [2.45, 2.75) is 31.2 Å². The van der Waals surface area contributed by atoms with Gasteiger partial charge in [-0.3, -0.25) is 9.59 Å². The molecule has 30 heavy (non-hydrogen) atoms. The number of amides is 1. The molecule has 2 bridgehead atoms. The predicted octanol–water partition coefficient (Wildman–Crippen LogP) is 4.59. The Morgan fingerprint density at radius 3 is 2.27 bits per heavy atom. The second-order valence-electron chi connectivity index (χ2n) is 8.18. The fraction of sp³-hybridized carbons (Fsp3) is 0.364. The lowest BCUT2D eigenvalue weighted by atomic mass is 9.38. The van der Waals surface area contributed by atoms with Crippen LogP contribution in [0.2, 0.25) is 10.0 Å². The van der Waals surface area contributed by atoms with Gasteiger partial charge in [0.2, 0.25) is 0 Å². The summed E-state index contributed by atoms with van der Waals surface area (Å²) in [6.07, 6.45) is 2.71. The summed E-state index contributed by atoms with van der Waals surface area (Å²) in [4.78, 5) is 24.4. The number of halogens is 3. The van der Waals surface area contributed by atoms with E-state index in [0.29, 0.717) is 17.2 Å². The van der Waals surface area contributed by atoms with Crippen LogP contribution in [0.1, 0.15) is 25.7 Å². The molecule has 5 rings (SSSR count). The molecule has 1 N–H and O–H groups in total. The van der Waals surface area contributed by atoms with E-state index in [4.69, 9.17) is 32.7 Å². The quantitative estimate of drug-likeness (QED) is 0.605. The first-order chi connectivity index (χ1) is 14.3. The van der Waals surface area contributed by atoms with Gasteiger partial charge in [-0.2, -0.15) is 0 Å². The molecular formula is C22H20Cl2FNO4. The number of nitrogens with one attached hydrogen (secondary N) is 1. The molecule has 3 fully saturated rings. The number of carbonyl (C=O) groups is 2.